The van der Waals surface area contributed by atoms with Gasteiger partial charge >= 0.3 is 6.09 Å². The van der Waals surface area contributed by atoms with Crippen LogP contribution in [-0.2, 0) is 29.1 Å². The summed E-state index contributed by atoms with van der Waals surface area (Å²) in [6.07, 6.45) is 7.38. The van der Waals surface area contributed by atoms with E-state index < -0.39 is 74.3 Å². The Balaban J connectivity index is 1.22. The van der Waals surface area contributed by atoms with Gasteiger partial charge in [0.15, 0.2) is 0 Å². The molecule has 18 heteroatoms. The number of sulfonamides is 1. The maximum absolute atomic E-state index is 14.5. The van der Waals surface area contributed by atoms with Crippen LogP contribution < -0.4 is 30.1 Å². The molecule has 300 valence electrons. The molecule has 2 aliphatic heterocycles. The SMILES string of the molecule is COc1ccc2c(OC3C[C@H]4C(=O)N[C@]5(C(=O)NS(=O)(=O)C6CC6)C[C@H]5/C=C\CCCNC[C@H](NC(=O)OC(C)(C)C)C(=O)N4C3)nc(-c3ncco3)cc2c1. The van der Waals surface area contributed by atoms with Crippen molar-refractivity contribution in [2.24, 2.45) is 5.92 Å². The number of allylic oxidation sites excluding steroid dienone is 1. The monoisotopic (exact) mass is 793 g/mol. The van der Waals surface area contributed by atoms with Gasteiger partial charge in [0, 0.05) is 24.3 Å². The van der Waals surface area contributed by atoms with E-state index in [-0.39, 0.29) is 37.7 Å². The Labute approximate surface area is 324 Å². The fourth-order valence-electron chi connectivity index (χ4n) is 7.08. The molecule has 4 N–H and O–H groups in total. The van der Waals surface area contributed by atoms with Crippen LogP contribution in [0.4, 0.5) is 4.79 Å². The number of alkyl carbamates (subject to hydrolysis) is 1. The lowest BCUT2D eigenvalue weighted by Gasteiger charge is -2.30. The van der Waals surface area contributed by atoms with Crippen LogP contribution in [0.15, 0.2) is 53.3 Å². The molecule has 0 radical (unpaired) electrons. The second kappa shape index (κ2) is 15.4. The smallest absolute Gasteiger partial charge is 0.408 e. The maximum Gasteiger partial charge on any atom is 0.408 e. The zero-order valence-corrected chi connectivity index (χ0v) is 32.5. The van der Waals surface area contributed by atoms with E-state index in [1.54, 1.807) is 52.1 Å². The van der Waals surface area contributed by atoms with Crippen molar-refractivity contribution in [3.63, 3.8) is 0 Å². The van der Waals surface area contributed by atoms with Crippen LogP contribution in [0.3, 0.4) is 0 Å². The Kier molecular flexibility index (Phi) is 10.7. The van der Waals surface area contributed by atoms with Crippen molar-refractivity contribution in [2.45, 2.75) is 93.9 Å². The first-order valence-electron chi connectivity index (χ1n) is 18.8. The molecule has 3 fully saturated rings. The van der Waals surface area contributed by atoms with E-state index in [2.05, 4.69) is 25.7 Å². The van der Waals surface area contributed by atoms with Gasteiger partial charge in [-0.15, -0.1) is 0 Å². The van der Waals surface area contributed by atoms with Crippen LogP contribution in [0.5, 0.6) is 11.6 Å². The number of ether oxygens (including phenoxy) is 3. The van der Waals surface area contributed by atoms with E-state index in [0.717, 1.165) is 0 Å². The number of carbonyl (C=O) groups excluding carboxylic acids is 4. The van der Waals surface area contributed by atoms with Gasteiger partial charge in [-0.25, -0.2) is 23.2 Å². The topological polar surface area (TPSA) is 220 Å². The molecule has 1 unspecified atom stereocenters. The molecule has 56 heavy (non-hydrogen) atoms. The number of rotatable bonds is 8. The van der Waals surface area contributed by atoms with Gasteiger partial charge in [-0.2, -0.15) is 0 Å². The van der Waals surface area contributed by atoms with Gasteiger partial charge < -0.3 is 39.5 Å². The van der Waals surface area contributed by atoms with Gasteiger partial charge in [0.2, 0.25) is 33.6 Å². The molecule has 4 heterocycles. The first kappa shape index (κ1) is 39.0. The van der Waals surface area contributed by atoms with Gasteiger partial charge in [0.1, 0.15) is 47.0 Å². The molecule has 2 saturated carbocycles. The number of carbonyl (C=O) groups is 4. The zero-order chi connectivity index (χ0) is 39.8. The van der Waals surface area contributed by atoms with Gasteiger partial charge in [-0.1, -0.05) is 12.2 Å². The normalized spacial score (nSPS) is 26.5. The first-order chi connectivity index (χ1) is 26.7. The van der Waals surface area contributed by atoms with Crippen LogP contribution in [0.1, 0.15) is 59.3 Å². The highest BCUT2D eigenvalue weighted by Crippen LogP contribution is 2.46. The van der Waals surface area contributed by atoms with Crippen LogP contribution in [0.2, 0.25) is 0 Å². The Bertz CT molecular complexity index is 2130. The lowest BCUT2D eigenvalue weighted by molar-refractivity contribution is -0.141. The number of aromatic nitrogens is 2. The van der Waals surface area contributed by atoms with Crippen LogP contribution in [0.25, 0.3) is 22.4 Å². The molecule has 3 aromatic rings. The average Bonchev–Trinajstić information content (AvgIpc) is 4.00. The quantitative estimate of drug-likeness (QED) is 0.241. The summed E-state index contributed by atoms with van der Waals surface area (Å²) < 4.78 is 50.9. The molecule has 0 spiro atoms. The molecule has 1 aromatic carbocycles. The highest BCUT2D eigenvalue weighted by molar-refractivity contribution is 7.91. The predicted octanol–water partition coefficient (Wildman–Crippen LogP) is 2.56. The summed E-state index contributed by atoms with van der Waals surface area (Å²) in [5.41, 5.74) is -2.01. The fraction of sp³-hybridized carbons (Fsp3) is 0.526. The number of nitrogens with one attached hydrogen (secondary N) is 4. The minimum atomic E-state index is -3.92. The summed E-state index contributed by atoms with van der Waals surface area (Å²) >= 11 is 0. The van der Waals surface area contributed by atoms with E-state index >= 15 is 0 Å². The van der Waals surface area contributed by atoms with E-state index in [9.17, 15) is 27.6 Å². The van der Waals surface area contributed by atoms with E-state index in [1.165, 1.54) is 17.4 Å². The van der Waals surface area contributed by atoms with Gasteiger partial charge in [-0.3, -0.25) is 19.1 Å². The lowest BCUT2D eigenvalue weighted by atomic mass is 10.1. The number of hydrogen-bond donors (Lipinski definition) is 4. The number of pyridine rings is 1. The summed E-state index contributed by atoms with van der Waals surface area (Å²) in [5.74, 6) is -1.51. The van der Waals surface area contributed by atoms with Crippen molar-refractivity contribution in [3.8, 4) is 23.2 Å². The average molecular weight is 794 g/mol. The molecule has 5 atom stereocenters. The lowest BCUT2D eigenvalue weighted by Crippen LogP contribution is -2.59. The van der Waals surface area contributed by atoms with Crippen LogP contribution in [0, 0.1) is 5.92 Å². The Hall–Kier alpha value is -5.23. The Morgan fingerprint density at radius 1 is 1.14 bits per heavy atom. The summed E-state index contributed by atoms with van der Waals surface area (Å²) in [4.78, 5) is 66.0. The third kappa shape index (κ3) is 8.60. The highest BCUT2D eigenvalue weighted by Gasteiger charge is 2.62. The Morgan fingerprint density at radius 2 is 1.95 bits per heavy atom. The number of methoxy groups -OCH3 is 1. The van der Waals surface area contributed by atoms with Gasteiger partial charge in [-0.05, 0) is 89.1 Å². The molecule has 2 aromatic heterocycles. The second-order valence-corrected chi connectivity index (χ2v) is 17.6. The first-order valence-corrected chi connectivity index (χ1v) is 20.3. The molecule has 7 rings (SSSR count). The molecule has 2 aliphatic carbocycles. The van der Waals surface area contributed by atoms with Crippen molar-refractivity contribution >= 4 is 44.6 Å². The number of fused-ring (bicyclic) bond motifs is 3. The molecule has 0 bridgehead atoms. The maximum atomic E-state index is 14.5. The molecule has 1 saturated heterocycles. The molecule has 17 nitrogen and oxygen atoms in total. The van der Waals surface area contributed by atoms with Crippen molar-refractivity contribution in [3.05, 3.63) is 48.9 Å². The molecular formula is C38H47N7O10S. The van der Waals surface area contributed by atoms with Crippen molar-refractivity contribution in [1.29, 1.82) is 0 Å². The third-order valence-electron chi connectivity index (χ3n) is 10.2. The van der Waals surface area contributed by atoms with Gasteiger partial charge in [0.25, 0.3) is 5.91 Å². The second-order valence-electron chi connectivity index (χ2n) is 15.6. The third-order valence-corrected chi connectivity index (χ3v) is 12.0. The number of benzene rings is 1. The van der Waals surface area contributed by atoms with E-state index in [4.69, 9.17) is 23.6 Å². The summed E-state index contributed by atoms with van der Waals surface area (Å²) in [7, 11) is -2.37. The van der Waals surface area contributed by atoms with Crippen molar-refractivity contribution < 1.29 is 46.2 Å². The summed E-state index contributed by atoms with van der Waals surface area (Å²) in [6.45, 7) is 5.56. The highest BCUT2D eigenvalue weighted by atomic mass is 32.2. The standard InChI is InChI=1S/C38H47N7O10S/c1-37(2,3)55-36(49)42-29-20-39-13-7-5-6-8-23-19-38(23,35(48)44-56(50,51)26-10-11-26)43-31(46)30-18-25(21-45(30)34(29)47)54-32-27-12-9-24(52-4)16-22(27)17-28(41-32)33-40-14-15-53-33/h6,8-9,12,14-17,23,25-26,29-30,39H,5,7,10-11,13,18-21H2,1-4H3,(H,42,49)(H,43,46)(H,44,48)/b8-6-/t23-,25?,29+,30+,38-/m1/s1. The predicted molar refractivity (Wildman–Crippen MR) is 202 cm³/mol. The molecule has 4 aliphatic rings. The van der Waals surface area contributed by atoms with Gasteiger partial charge in [0.05, 0.1) is 25.1 Å². The molecule has 4 amide bonds. The Morgan fingerprint density at radius 3 is 2.66 bits per heavy atom. The zero-order valence-electron chi connectivity index (χ0n) is 31.7. The minimum Gasteiger partial charge on any atom is -0.497 e. The fourth-order valence-corrected chi connectivity index (χ4v) is 8.45. The largest absolute Gasteiger partial charge is 0.497 e. The number of oxazole rings is 1. The minimum absolute atomic E-state index is 0.0225. The van der Waals surface area contributed by atoms with Crippen LogP contribution in [-0.4, -0.2) is 108 Å². The molecular weight excluding hydrogens is 747 g/mol. The van der Waals surface area contributed by atoms with Crippen molar-refractivity contribution in [1.82, 2.24) is 35.5 Å². The number of amides is 4. The number of hydrogen-bond acceptors (Lipinski definition) is 13. The summed E-state index contributed by atoms with van der Waals surface area (Å²) in [6, 6.07) is 4.80. The summed E-state index contributed by atoms with van der Waals surface area (Å²) in [5, 5.41) is 9.45. The number of nitrogens with zero attached hydrogens (tertiary/aromatic N) is 3. The van der Waals surface area contributed by atoms with E-state index in [1.807, 2.05) is 12.2 Å². The van der Waals surface area contributed by atoms with E-state index in [0.29, 0.717) is 54.4 Å². The van der Waals surface area contributed by atoms with Crippen molar-refractivity contribution in [2.75, 3.05) is 26.7 Å². The van der Waals surface area contributed by atoms with Crippen LogP contribution >= 0.6 is 0 Å².